The Kier molecular flexibility index (Phi) is 7.70. The molecule has 6 heteroatoms. The van der Waals surface area contributed by atoms with Gasteiger partial charge in [0.15, 0.2) is 5.44 Å². The van der Waals surface area contributed by atoms with E-state index in [0.29, 0.717) is 5.57 Å². The molecule has 0 rings (SSSR count). The van der Waals surface area contributed by atoms with E-state index < -0.39 is 15.6 Å². The zero-order valence-corrected chi connectivity index (χ0v) is 10.4. The van der Waals surface area contributed by atoms with Crippen molar-refractivity contribution < 1.29 is 48.7 Å². The summed E-state index contributed by atoms with van der Waals surface area (Å²) >= 11 is 0. The van der Waals surface area contributed by atoms with Crippen LogP contribution < -0.4 is 29.6 Å². The van der Waals surface area contributed by atoms with E-state index in [9.17, 15) is 8.42 Å². The SMILES string of the molecule is C=C(C)COC(C)S(=O)(=O)O.[H-].[Na+]. The first-order chi connectivity index (χ1) is 4.84. The zero-order chi connectivity index (χ0) is 9.07. The van der Waals surface area contributed by atoms with E-state index in [1.165, 1.54) is 6.92 Å². The molecule has 0 spiro atoms. The number of rotatable bonds is 4. The minimum absolute atomic E-state index is 0. The predicted octanol–water partition coefficient (Wildman–Crippen LogP) is -2.07. The van der Waals surface area contributed by atoms with E-state index in [1.54, 1.807) is 6.92 Å². The van der Waals surface area contributed by atoms with Gasteiger partial charge in [-0.05, 0) is 13.8 Å². The molecule has 1 N–H and O–H groups in total. The van der Waals surface area contributed by atoms with Gasteiger partial charge in [0, 0.05) is 0 Å². The van der Waals surface area contributed by atoms with Crippen LogP contribution in [0.3, 0.4) is 0 Å². The molecule has 0 saturated carbocycles. The van der Waals surface area contributed by atoms with Gasteiger partial charge >= 0.3 is 29.6 Å². The second-order valence-electron chi connectivity index (χ2n) is 2.35. The van der Waals surface area contributed by atoms with Gasteiger partial charge in [-0.1, -0.05) is 12.2 Å². The molecular weight excluding hydrogens is 191 g/mol. The van der Waals surface area contributed by atoms with Crippen LogP contribution in [0.2, 0.25) is 0 Å². The van der Waals surface area contributed by atoms with Crippen molar-refractivity contribution in [1.29, 1.82) is 0 Å². The summed E-state index contributed by atoms with van der Waals surface area (Å²) in [5.41, 5.74) is -0.473. The fourth-order valence-corrected chi connectivity index (χ4v) is 0.586. The summed E-state index contributed by atoms with van der Waals surface area (Å²) in [5, 5.41) is 0. The Morgan fingerprint density at radius 1 is 1.75 bits per heavy atom. The van der Waals surface area contributed by atoms with Crippen molar-refractivity contribution in [2.24, 2.45) is 0 Å². The first kappa shape index (κ1) is 15.1. The number of ether oxygens (including phenoxy) is 1. The first-order valence-corrected chi connectivity index (χ1v) is 4.56. The van der Waals surface area contributed by atoms with Crippen LogP contribution in [0.4, 0.5) is 0 Å². The topological polar surface area (TPSA) is 63.6 Å². The van der Waals surface area contributed by atoms with Crippen LogP contribution in [0.25, 0.3) is 0 Å². The van der Waals surface area contributed by atoms with Gasteiger partial charge in [-0.3, -0.25) is 4.55 Å². The molecule has 12 heavy (non-hydrogen) atoms. The van der Waals surface area contributed by atoms with Crippen LogP contribution in [-0.4, -0.2) is 25.0 Å². The Hall–Kier alpha value is 0.610. The molecule has 0 aliphatic rings. The molecule has 0 radical (unpaired) electrons. The van der Waals surface area contributed by atoms with E-state index in [0.717, 1.165) is 0 Å². The average molecular weight is 204 g/mol. The molecule has 0 aliphatic heterocycles. The fourth-order valence-electron chi connectivity index (χ4n) is 0.346. The van der Waals surface area contributed by atoms with E-state index in [4.69, 9.17) is 9.29 Å². The molecule has 0 aromatic carbocycles. The standard InChI is InChI=1S/C6H12O4S.Na.H/c1-5(2)4-10-6(3)11(7,8)9;;/h6H,1,4H2,2-3H3,(H,7,8,9);;/q;+1;-1. The average Bonchev–Trinajstić information content (AvgIpc) is 1.80. The van der Waals surface area contributed by atoms with Crippen LogP contribution in [0.1, 0.15) is 15.3 Å². The normalized spacial score (nSPS) is 13.2. The van der Waals surface area contributed by atoms with Crippen molar-refractivity contribution >= 4 is 10.1 Å². The molecule has 0 heterocycles. The number of hydrogen-bond acceptors (Lipinski definition) is 3. The Labute approximate surface area is 96.5 Å². The smallest absolute Gasteiger partial charge is 1.00 e. The summed E-state index contributed by atoms with van der Waals surface area (Å²) in [6.45, 7) is 6.61. The quantitative estimate of drug-likeness (QED) is 0.324. The maximum Gasteiger partial charge on any atom is 1.00 e. The fraction of sp³-hybridized carbons (Fsp3) is 0.667. The Morgan fingerprint density at radius 3 is 2.42 bits per heavy atom. The van der Waals surface area contributed by atoms with Crippen LogP contribution in [0.5, 0.6) is 0 Å². The van der Waals surface area contributed by atoms with Crippen molar-refractivity contribution in [2.45, 2.75) is 19.3 Å². The molecule has 0 bridgehead atoms. The summed E-state index contributed by atoms with van der Waals surface area (Å²) in [7, 11) is -4.06. The van der Waals surface area contributed by atoms with Crippen LogP contribution in [0, 0.1) is 0 Å². The minimum Gasteiger partial charge on any atom is -1.00 e. The molecule has 68 valence electrons. The van der Waals surface area contributed by atoms with Gasteiger partial charge in [0.25, 0.3) is 10.1 Å². The van der Waals surface area contributed by atoms with E-state index in [2.05, 4.69) is 6.58 Å². The first-order valence-electron chi connectivity index (χ1n) is 3.06. The van der Waals surface area contributed by atoms with Gasteiger partial charge in [-0.25, -0.2) is 0 Å². The van der Waals surface area contributed by atoms with E-state index in [-0.39, 0.29) is 37.6 Å². The van der Waals surface area contributed by atoms with Crippen molar-refractivity contribution in [2.75, 3.05) is 6.61 Å². The molecule has 0 saturated heterocycles. The molecule has 1 unspecified atom stereocenters. The largest absolute Gasteiger partial charge is 1.00 e. The van der Waals surface area contributed by atoms with Crippen molar-refractivity contribution in [3.05, 3.63) is 12.2 Å². The van der Waals surface area contributed by atoms with Gasteiger partial charge in [0.2, 0.25) is 0 Å². The third kappa shape index (κ3) is 7.27. The molecular formula is C6H13NaO4S. The molecule has 0 aromatic heterocycles. The Balaban J connectivity index is -0.000000500. The summed E-state index contributed by atoms with van der Waals surface area (Å²) in [6.07, 6.45) is 0. The van der Waals surface area contributed by atoms with Crippen molar-refractivity contribution in [1.82, 2.24) is 0 Å². The van der Waals surface area contributed by atoms with E-state index in [1.807, 2.05) is 0 Å². The van der Waals surface area contributed by atoms with Gasteiger partial charge in [-0.15, -0.1) is 0 Å². The molecule has 4 nitrogen and oxygen atoms in total. The summed E-state index contributed by atoms with van der Waals surface area (Å²) in [6, 6.07) is 0. The van der Waals surface area contributed by atoms with E-state index >= 15 is 0 Å². The summed E-state index contributed by atoms with van der Waals surface area (Å²) < 4.78 is 33.8. The van der Waals surface area contributed by atoms with Gasteiger partial charge < -0.3 is 6.16 Å². The predicted molar refractivity (Wildman–Crippen MR) is 42.9 cm³/mol. The third-order valence-corrected chi connectivity index (χ3v) is 1.96. The van der Waals surface area contributed by atoms with Crippen LogP contribution in [-0.2, 0) is 14.9 Å². The molecule has 0 amide bonds. The van der Waals surface area contributed by atoms with Crippen LogP contribution >= 0.6 is 0 Å². The molecule has 1 atom stereocenters. The Bertz CT molecular complexity index is 239. The van der Waals surface area contributed by atoms with Gasteiger partial charge in [-0.2, -0.15) is 8.42 Å². The van der Waals surface area contributed by atoms with Gasteiger partial charge in [0.05, 0.1) is 6.61 Å². The second kappa shape index (κ2) is 6.12. The van der Waals surface area contributed by atoms with Gasteiger partial charge in [0.1, 0.15) is 0 Å². The monoisotopic (exact) mass is 204 g/mol. The van der Waals surface area contributed by atoms with Crippen molar-refractivity contribution in [3.8, 4) is 0 Å². The zero-order valence-electron chi connectivity index (χ0n) is 8.57. The maximum absolute atomic E-state index is 10.3. The second-order valence-corrected chi connectivity index (χ2v) is 4.04. The summed E-state index contributed by atoms with van der Waals surface area (Å²) in [4.78, 5) is 0. The molecule has 0 aliphatic carbocycles. The molecule has 0 aromatic rings. The van der Waals surface area contributed by atoms with Crippen molar-refractivity contribution in [3.63, 3.8) is 0 Å². The third-order valence-electron chi connectivity index (χ3n) is 0.984. The Morgan fingerprint density at radius 2 is 2.17 bits per heavy atom. The summed E-state index contributed by atoms with van der Waals surface area (Å²) in [5.74, 6) is 0. The molecule has 0 fully saturated rings. The maximum atomic E-state index is 10.3. The number of hydrogen-bond donors (Lipinski definition) is 1. The van der Waals surface area contributed by atoms with Crippen LogP contribution in [0.15, 0.2) is 12.2 Å². The minimum atomic E-state index is -4.06.